The molecule has 0 aromatic carbocycles. The first-order chi connectivity index (χ1) is 10.8. The first-order valence-corrected chi connectivity index (χ1v) is 7.62. The van der Waals surface area contributed by atoms with Crippen molar-refractivity contribution in [3.8, 4) is 0 Å². The molecule has 2 aromatic rings. The molecule has 0 N–H and O–H groups in total. The van der Waals surface area contributed by atoms with E-state index in [0.29, 0.717) is 12.5 Å². The minimum absolute atomic E-state index is 0.208. The third-order valence-electron chi connectivity index (χ3n) is 4.34. The van der Waals surface area contributed by atoms with Crippen LogP contribution in [0.25, 0.3) is 0 Å². The molecule has 2 aliphatic rings. The van der Waals surface area contributed by atoms with E-state index < -0.39 is 0 Å². The van der Waals surface area contributed by atoms with Crippen LogP contribution < -0.4 is 4.90 Å². The third-order valence-corrected chi connectivity index (χ3v) is 4.34. The number of hydrogen-bond donors (Lipinski definition) is 0. The molecule has 0 bridgehead atoms. The van der Waals surface area contributed by atoms with Gasteiger partial charge in [-0.1, -0.05) is 0 Å². The van der Waals surface area contributed by atoms with Crippen LogP contribution >= 0.6 is 0 Å². The summed E-state index contributed by atoms with van der Waals surface area (Å²) >= 11 is 0. The van der Waals surface area contributed by atoms with Gasteiger partial charge in [-0.3, -0.25) is 14.4 Å². The number of nitrogens with zero attached hydrogens (tertiary/aromatic N) is 6. The molecule has 0 radical (unpaired) electrons. The van der Waals surface area contributed by atoms with Gasteiger partial charge in [0.1, 0.15) is 0 Å². The van der Waals surface area contributed by atoms with Gasteiger partial charge in [0, 0.05) is 45.0 Å². The monoisotopic (exact) mass is 298 g/mol. The molecule has 2 saturated heterocycles. The molecule has 2 aromatic heterocycles. The molecule has 22 heavy (non-hydrogen) atoms. The van der Waals surface area contributed by atoms with Crippen molar-refractivity contribution in [2.75, 3.05) is 24.5 Å². The second-order valence-corrected chi connectivity index (χ2v) is 5.93. The molecule has 1 amide bonds. The number of carbonyl (C=O) groups excluding carboxylic acids is 1. The first-order valence-electron chi connectivity index (χ1n) is 7.62. The lowest BCUT2D eigenvalue weighted by molar-refractivity contribution is -0.117. The summed E-state index contributed by atoms with van der Waals surface area (Å²) in [6, 6.07) is 2.38. The maximum absolute atomic E-state index is 11.8. The number of aromatic nitrogens is 4. The summed E-state index contributed by atoms with van der Waals surface area (Å²) in [4.78, 5) is 15.9. The van der Waals surface area contributed by atoms with Crippen molar-refractivity contribution in [3.63, 3.8) is 0 Å². The fourth-order valence-corrected chi connectivity index (χ4v) is 3.10. The molecule has 0 aliphatic carbocycles. The predicted octanol–water partition coefficient (Wildman–Crippen LogP) is 0.857. The van der Waals surface area contributed by atoms with Gasteiger partial charge in [-0.2, -0.15) is 15.3 Å². The van der Waals surface area contributed by atoms with Gasteiger partial charge in [0.25, 0.3) is 0 Å². The Bertz CT molecular complexity index is 664. The summed E-state index contributed by atoms with van der Waals surface area (Å²) in [6.07, 6.45) is 8.93. The normalized spacial score (nSPS) is 19.6. The Morgan fingerprint density at radius 1 is 1.23 bits per heavy atom. The van der Waals surface area contributed by atoms with E-state index in [1.165, 1.54) is 5.56 Å². The lowest BCUT2D eigenvalue weighted by Gasteiger charge is -2.39. The smallest absolute Gasteiger partial charge is 0.227 e. The van der Waals surface area contributed by atoms with E-state index in [-0.39, 0.29) is 5.91 Å². The second-order valence-electron chi connectivity index (χ2n) is 5.93. The van der Waals surface area contributed by atoms with E-state index in [2.05, 4.69) is 20.2 Å². The fourth-order valence-electron chi connectivity index (χ4n) is 3.10. The molecule has 4 heterocycles. The van der Waals surface area contributed by atoms with Crippen LogP contribution in [0.2, 0.25) is 0 Å². The molecule has 7 nitrogen and oxygen atoms in total. The molecule has 0 unspecified atom stereocenters. The Hall–Kier alpha value is -2.28. The number of likely N-dealkylation sites (tertiary alicyclic amines) is 1. The summed E-state index contributed by atoms with van der Waals surface area (Å²) in [7, 11) is 0. The topological polar surface area (TPSA) is 67.2 Å². The van der Waals surface area contributed by atoms with Gasteiger partial charge < -0.3 is 4.90 Å². The Labute approximate surface area is 128 Å². The molecule has 2 fully saturated rings. The molecule has 0 atom stereocenters. The quantitative estimate of drug-likeness (QED) is 0.837. The summed E-state index contributed by atoms with van der Waals surface area (Å²) in [6.45, 7) is 3.65. The van der Waals surface area contributed by atoms with Crippen molar-refractivity contribution in [2.45, 2.75) is 25.4 Å². The number of carbonyl (C=O) groups is 1. The fraction of sp³-hybridized carbons (Fsp3) is 0.467. The number of amides is 1. The van der Waals surface area contributed by atoms with Crippen molar-refractivity contribution >= 4 is 11.6 Å². The third kappa shape index (κ3) is 2.48. The van der Waals surface area contributed by atoms with Crippen molar-refractivity contribution in [1.29, 1.82) is 0 Å². The maximum Gasteiger partial charge on any atom is 0.227 e. The van der Waals surface area contributed by atoms with Crippen molar-refractivity contribution in [1.82, 2.24) is 24.9 Å². The molecular formula is C15H18N6O. The minimum Gasteiger partial charge on any atom is -0.309 e. The molecule has 0 saturated carbocycles. The molecule has 2 aliphatic heterocycles. The zero-order valence-corrected chi connectivity index (χ0v) is 12.3. The number of hydrogen-bond acceptors (Lipinski definition) is 5. The van der Waals surface area contributed by atoms with Crippen LogP contribution in [0, 0.1) is 0 Å². The maximum atomic E-state index is 11.8. The Kier molecular flexibility index (Phi) is 3.34. The number of anilines is 1. The predicted molar refractivity (Wildman–Crippen MR) is 80.2 cm³/mol. The van der Waals surface area contributed by atoms with Crippen LogP contribution in [0.3, 0.4) is 0 Å². The van der Waals surface area contributed by atoms with Gasteiger partial charge in [0.2, 0.25) is 5.91 Å². The van der Waals surface area contributed by atoms with Gasteiger partial charge in [-0.15, -0.1) is 0 Å². The van der Waals surface area contributed by atoms with Crippen LogP contribution in [-0.4, -0.2) is 50.4 Å². The molecule has 114 valence electrons. The van der Waals surface area contributed by atoms with E-state index in [9.17, 15) is 4.79 Å². The van der Waals surface area contributed by atoms with Gasteiger partial charge >= 0.3 is 0 Å². The van der Waals surface area contributed by atoms with Crippen LogP contribution in [0.4, 0.5) is 5.69 Å². The van der Waals surface area contributed by atoms with Gasteiger partial charge in [0.05, 0.1) is 24.1 Å². The van der Waals surface area contributed by atoms with Gasteiger partial charge in [-0.25, -0.2) is 0 Å². The largest absolute Gasteiger partial charge is 0.309 e. The van der Waals surface area contributed by atoms with E-state index in [4.69, 9.17) is 0 Å². The average molecular weight is 298 g/mol. The highest BCUT2D eigenvalue weighted by Crippen LogP contribution is 2.26. The highest BCUT2D eigenvalue weighted by molar-refractivity contribution is 5.95. The molecule has 4 rings (SSSR count). The van der Waals surface area contributed by atoms with Crippen molar-refractivity contribution in [2.24, 2.45) is 0 Å². The minimum atomic E-state index is 0.208. The summed E-state index contributed by atoms with van der Waals surface area (Å²) < 4.78 is 1.99. The average Bonchev–Trinajstić information content (AvgIpc) is 3.12. The SMILES string of the molecule is O=C1CCCN1c1cnn(C2CN(Cc3ccnnc3)C2)c1. The highest BCUT2D eigenvalue weighted by atomic mass is 16.2. The van der Waals surface area contributed by atoms with E-state index >= 15 is 0 Å². The van der Waals surface area contributed by atoms with Crippen LogP contribution in [0.5, 0.6) is 0 Å². The molecule has 7 heteroatoms. The Morgan fingerprint density at radius 3 is 2.86 bits per heavy atom. The first kappa shape index (κ1) is 13.4. The zero-order valence-electron chi connectivity index (χ0n) is 12.3. The molecule has 0 spiro atoms. The van der Waals surface area contributed by atoms with Gasteiger partial charge in [-0.05, 0) is 18.1 Å². The van der Waals surface area contributed by atoms with Crippen LogP contribution in [0.1, 0.15) is 24.4 Å². The standard InChI is InChI=1S/C15H18N6O/c22-15-2-1-5-20(15)13-7-18-21(11-13)14-9-19(10-14)8-12-3-4-16-17-6-12/h3-4,6-7,11,14H,1-2,5,8-10H2. The molecular weight excluding hydrogens is 280 g/mol. The lowest BCUT2D eigenvalue weighted by Crippen LogP contribution is -2.47. The Balaban J connectivity index is 1.35. The summed E-state index contributed by atoms with van der Waals surface area (Å²) in [5.41, 5.74) is 2.11. The summed E-state index contributed by atoms with van der Waals surface area (Å²) in [5, 5.41) is 12.1. The van der Waals surface area contributed by atoms with Crippen molar-refractivity contribution < 1.29 is 4.79 Å². The Morgan fingerprint density at radius 2 is 2.14 bits per heavy atom. The van der Waals surface area contributed by atoms with Crippen molar-refractivity contribution in [3.05, 3.63) is 36.4 Å². The zero-order chi connectivity index (χ0) is 14.9. The van der Waals surface area contributed by atoms with E-state index in [0.717, 1.165) is 38.3 Å². The van der Waals surface area contributed by atoms with E-state index in [1.54, 1.807) is 18.6 Å². The summed E-state index contributed by atoms with van der Waals surface area (Å²) in [5.74, 6) is 0.208. The van der Waals surface area contributed by atoms with E-state index in [1.807, 2.05) is 21.8 Å². The number of rotatable bonds is 4. The second kappa shape index (κ2) is 5.49. The van der Waals surface area contributed by atoms with Gasteiger partial charge in [0.15, 0.2) is 0 Å². The lowest BCUT2D eigenvalue weighted by atomic mass is 10.1. The highest BCUT2D eigenvalue weighted by Gasteiger charge is 2.30. The van der Waals surface area contributed by atoms with Crippen LogP contribution in [-0.2, 0) is 11.3 Å². The van der Waals surface area contributed by atoms with Crippen LogP contribution in [0.15, 0.2) is 30.9 Å².